The molecule has 2 rings (SSSR count). The molecule has 0 spiro atoms. The first kappa shape index (κ1) is 29.9. The predicted octanol–water partition coefficient (Wildman–Crippen LogP) is 0.606. The summed E-state index contributed by atoms with van der Waals surface area (Å²) in [5.41, 5.74) is 0. The molecule has 0 N–H and O–H groups in total. The summed E-state index contributed by atoms with van der Waals surface area (Å²) >= 11 is 19.6. The minimum Gasteiger partial charge on any atom is -0.411 e. The molecule has 2 aliphatic rings. The summed E-state index contributed by atoms with van der Waals surface area (Å²) in [6, 6.07) is -0.106. The average Bonchev–Trinajstić information content (AvgIpc) is 3.11. The molecule has 2 aliphatic heterocycles. The van der Waals surface area contributed by atoms with Crippen molar-refractivity contribution in [2.75, 3.05) is 36.1 Å². The van der Waals surface area contributed by atoms with Gasteiger partial charge in [-0.15, -0.1) is 13.2 Å². The summed E-state index contributed by atoms with van der Waals surface area (Å²) in [5.74, 6) is 0.807. The van der Waals surface area contributed by atoms with Crippen molar-refractivity contribution in [1.82, 2.24) is 9.80 Å². The van der Waals surface area contributed by atoms with Gasteiger partial charge < -0.3 is 59.5 Å². The van der Waals surface area contributed by atoms with Crippen molar-refractivity contribution in [3.8, 4) is 0 Å². The molecule has 2 saturated heterocycles. The maximum atomic E-state index is 11.2. The molecule has 0 aromatic heterocycles. The Morgan fingerprint density at radius 2 is 1.17 bits per heavy atom. The van der Waals surface area contributed by atoms with Crippen LogP contribution in [-0.4, -0.2) is 121 Å². The van der Waals surface area contributed by atoms with Crippen molar-refractivity contribution in [3.05, 3.63) is 25.3 Å². The van der Waals surface area contributed by atoms with E-state index in [0.717, 1.165) is 0 Å². The van der Waals surface area contributed by atoms with Crippen LogP contribution < -0.4 is 0 Å². The molecule has 0 saturated carbocycles. The van der Waals surface area contributed by atoms with Crippen LogP contribution in [0.1, 0.15) is 12.8 Å². The molecule has 2 unspecified atom stereocenters. The van der Waals surface area contributed by atoms with Gasteiger partial charge in [-0.25, -0.2) is 16.8 Å². The van der Waals surface area contributed by atoms with Crippen LogP contribution in [0.3, 0.4) is 0 Å². The van der Waals surface area contributed by atoms with Gasteiger partial charge in [-0.05, 0) is 12.8 Å². The van der Waals surface area contributed by atoms with Crippen LogP contribution in [0.4, 0.5) is 0 Å². The molecule has 2 atom stereocenters. The van der Waals surface area contributed by atoms with E-state index in [-0.39, 0.29) is 72.8 Å². The topological polar surface area (TPSA) is 74.8 Å². The minimum absolute atomic E-state index is 0. The van der Waals surface area contributed by atoms with Crippen molar-refractivity contribution >= 4 is 116 Å². The summed E-state index contributed by atoms with van der Waals surface area (Å²) in [4.78, 5) is 3.50. The Kier molecular flexibility index (Phi) is 13.8. The number of thiocarbonyl (C=S) groups is 2. The first-order valence-corrected chi connectivity index (χ1v) is 13.8. The third-order valence-corrected chi connectivity index (χ3v) is 8.86. The number of nitrogens with zero attached hydrogens (tertiary/aromatic N) is 2. The summed E-state index contributed by atoms with van der Waals surface area (Å²) in [7, 11) is -5.75. The smallest absolute Gasteiger partial charge is 0.411 e. The molecule has 13 heteroatoms. The van der Waals surface area contributed by atoms with Crippen molar-refractivity contribution in [2.24, 2.45) is 0 Å². The van der Waals surface area contributed by atoms with E-state index in [4.69, 9.17) is 49.7 Å². The Bertz CT molecular complexity index is 747. The fourth-order valence-corrected chi connectivity index (χ4v) is 7.42. The Hall–Kier alpha value is 0.860. The van der Waals surface area contributed by atoms with Crippen LogP contribution >= 0.6 is 24.4 Å². The van der Waals surface area contributed by atoms with Gasteiger partial charge in [0.1, 0.15) is 0 Å². The summed E-state index contributed by atoms with van der Waals surface area (Å²) in [5, 5.41) is 0. The van der Waals surface area contributed by atoms with E-state index < -0.39 is 19.7 Å². The maximum Gasteiger partial charge on any atom is 2.00 e. The molecule has 0 aliphatic carbocycles. The van der Waals surface area contributed by atoms with Crippen molar-refractivity contribution in [3.63, 3.8) is 0 Å². The Balaban J connectivity index is 0.000000523. The second-order valence-corrected chi connectivity index (χ2v) is 13.0. The van der Waals surface area contributed by atoms with E-state index >= 15 is 0 Å². The van der Waals surface area contributed by atoms with E-state index in [9.17, 15) is 16.8 Å². The van der Waals surface area contributed by atoms with Gasteiger partial charge in [0.15, 0.2) is 19.7 Å². The quantitative estimate of drug-likeness (QED) is 0.207. The second kappa shape index (κ2) is 13.4. The molecular formula is C16H24CaN2O4S6. The van der Waals surface area contributed by atoms with Gasteiger partial charge in [0.2, 0.25) is 0 Å². The zero-order valence-electron chi connectivity index (χ0n) is 16.1. The van der Waals surface area contributed by atoms with Gasteiger partial charge in [-0.2, -0.15) is 0 Å². The molecule has 2 heterocycles. The normalized spacial score (nSPS) is 23.6. The monoisotopic (exact) mass is 540 g/mol. The molecular weight excluding hydrogens is 517 g/mol. The molecule has 0 amide bonds. The van der Waals surface area contributed by atoms with Gasteiger partial charge in [-0.3, -0.25) is 0 Å². The summed E-state index contributed by atoms with van der Waals surface area (Å²) in [6.45, 7) is 8.25. The molecule has 6 nitrogen and oxygen atoms in total. The van der Waals surface area contributed by atoms with Crippen LogP contribution in [0.5, 0.6) is 0 Å². The van der Waals surface area contributed by atoms with E-state index in [1.54, 1.807) is 22.0 Å². The number of hydrogen-bond acceptors (Lipinski definition) is 8. The van der Waals surface area contributed by atoms with Crippen molar-refractivity contribution < 1.29 is 16.8 Å². The first-order valence-electron chi connectivity index (χ1n) is 8.50. The fraction of sp³-hybridized carbons (Fsp3) is 0.625. The third kappa shape index (κ3) is 10.3. The molecule has 160 valence electrons. The Morgan fingerprint density at radius 3 is 1.34 bits per heavy atom. The fourth-order valence-electron chi connectivity index (χ4n) is 3.07. The second-order valence-electron chi connectivity index (χ2n) is 6.53. The molecule has 0 bridgehead atoms. The Labute approximate surface area is 226 Å². The van der Waals surface area contributed by atoms with Gasteiger partial charge in [0.05, 0.1) is 23.0 Å². The summed E-state index contributed by atoms with van der Waals surface area (Å²) < 4.78 is 45.6. The maximum absolute atomic E-state index is 11.2. The number of rotatable bonds is 6. The van der Waals surface area contributed by atoms with Crippen LogP contribution in [0.2, 0.25) is 0 Å². The SMILES string of the molecule is C=CCN(C(=S)[S-])C1CCS(=O)(=O)C1.C=CCN(C(=S)[S-])C1CCS(=O)(=O)C1.[Ca+2]. The standard InChI is InChI=1S/2C8H13NO2S3.Ca/c2*1-2-4-9(8(12)13)7-3-5-14(10,11)6-7;/h2*2,7H,1,3-6H2,(H,12,13);/q;;+2/p-2. The van der Waals surface area contributed by atoms with Gasteiger partial charge in [0, 0.05) is 25.2 Å². The van der Waals surface area contributed by atoms with Crippen LogP contribution in [0.25, 0.3) is 0 Å². The predicted molar refractivity (Wildman–Crippen MR) is 134 cm³/mol. The van der Waals surface area contributed by atoms with Gasteiger partial charge in [-0.1, -0.05) is 20.8 Å². The van der Waals surface area contributed by atoms with Gasteiger partial charge in [0.25, 0.3) is 0 Å². The van der Waals surface area contributed by atoms with Crippen LogP contribution in [0, 0.1) is 0 Å². The largest absolute Gasteiger partial charge is 2.00 e. The number of sulfone groups is 2. The van der Waals surface area contributed by atoms with E-state index in [1.807, 2.05) is 0 Å². The van der Waals surface area contributed by atoms with E-state index in [2.05, 4.69) is 13.2 Å². The first-order chi connectivity index (χ1) is 12.9. The van der Waals surface area contributed by atoms with Crippen LogP contribution in [0.15, 0.2) is 25.3 Å². The molecule has 0 radical (unpaired) electrons. The van der Waals surface area contributed by atoms with Crippen molar-refractivity contribution in [1.29, 1.82) is 0 Å². The molecule has 0 aromatic carbocycles. The van der Waals surface area contributed by atoms with E-state index in [1.165, 1.54) is 0 Å². The third-order valence-electron chi connectivity index (χ3n) is 4.42. The van der Waals surface area contributed by atoms with Crippen LogP contribution in [-0.2, 0) is 44.9 Å². The van der Waals surface area contributed by atoms with Crippen molar-refractivity contribution in [2.45, 2.75) is 24.9 Å². The molecule has 0 aromatic rings. The Morgan fingerprint density at radius 1 is 0.862 bits per heavy atom. The molecule has 2 fully saturated rings. The zero-order valence-corrected chi connectivity index (χ0v) is 23.2. The van der Waals surface area contributed by atoms with E-state index in [0.29, 0.717) is 34.6 Å². The average molecular weight is 541 g/mol. The minimum atomic E-state index is -2.87. The zero-order chi connectivity index (χ0) is 21.5. The summed E-state index contributed by atoms with van der Waals surface area (Å²) in [6.07, 6.45) is 4.60. The number of hydrogen-bond donors (Lipinski definition) is 0. The van der Waals surface area contributed by atoms with Gasteiger partial charge >= 0.3 is 37.7 Å². The molecule has 29 heavy (non-hydrogen) atoms.